The summed E-state index contributed by atoms with van der Waals surface area (Å²) in [7, 11) is 1.34. The predicted octanol–water partition coefficient (Wildman–Crippen LogP) is 4.77. The number of esters is 1. The Morgan fingerprint density at radius 3 is 2.68 bits per heavy atom. The van der Waals surface area contributed by atoms with Crippen LogP contribution in [0.4, 0.5) is 4.79 Å². The van der Waals surface area contributed by atoms with Crippen LogP contribution in [0.1, 0.15) is 45.0 Å². The van der Waals surface area contributed by atoms with Crippen molar-refractivity contribution in [2.24, 2.45) is 0 Å². The number of carbonyl (C=O) groups excluding carboxylic acids is 2. The molecule has 0 radical (unpaired) electrons. The van der Waals surface area contributed by atoms with Crippen molar-refractivity contribution in [3.8, 4) is 0 Å². The summed E-state index contributed by atoms with van der Waals surface area (Å²) in [6, 6.07) is 5.19. The smallest absolute Gasteiger partial charge is 0.411 e. The third-order valence-electron chi connectivity index (χ3n) is 4.68. The number of hydrogen-bond donors (Lipinski definition) is 1. The number of H-pyrrole nitrogens is 1. The van der Waals surface area contributed by atoms with Gasteiger partial charge in [-0.25, -0.2) is 9.59 Å². The third-order valence-corrected chi connectivity index (χ3v) is 4.91. The van der Waals surface area contributed by atoms with Gasteiger partial charge in [0.05, 0.1) is 13.2 Å². The van der Waals surface area contributed by atoms with Gasteiger partial charge in [-0.2, -0.15) is 0 Å². The van der Waals surface area contributed by atoms with Crippen LogP contribution in [0.5, 0.6) is 0 Å². The van der Waals surface area contributed by atoms with Crippen LogP contribution >= 0.6 is 11.6 Å². The highest BCUT2D eigenvalue weighted by Gasteiger charge is 2.35. The average Bonchev–Trinajstić information content (AvgIpc) is 2.98. The first-order valence-electron chi connectivity index (χ1n) is 9.17. The number of rotatable bonds is 2. The molecule has 0 aliphatic carbocycles. The number of carbonyl (C=O) groups is 2. The van der Waals surface area contributed by atoms with Gasteiger partial charge in [-0.05, 0) is 64.0 Å². The average molecular weight is 405 g/mol. The molecule has 150 valence electrons. The Kier molecular flexibility index (Phi) is 5.44. The van der Waals surface area contributed by atoms with E-state index in [1.54, 1.807) is 17.9 Å². The minimum Gasteiger partial charge on any atom is -0.466 e. The number of benzene rings is 1. The van der Waals surface area contributed by atoms with Crippen molar-refractivity contribution in [1.29, 1.82) is 0 Å². The van der Waals surface area contributed by atoms with Gasteiger partial charge < -0.3 is 14.5 Å². The van der Waals surface area contributed by atoms with Gasteiger partial charge in [0.2, 0.25) is 0 Å². The van der Waals surface area contributed by atoms with E-state index in [9.17, 15) is 9.59 Å². The van der Waals surface area contributed by atoms with Crippen LogP contribution in [-0.2, 0) is 20.7 Å². The van der Waals surface area contributed by atoms with E-state index in [1.807, 2.05) is 39.0 Å². The minimum atomic E-state index is -0.614. The number of hydrogen-bond acceptors (Lipinski definition) is 4. The summed E-state index contributed by atoms with van der Waals surface area (Å²) in [4.78, 5) is 29.8. The van der Waals surface area contributed by atoms with E-state index in [0.717, 1.165) is 22.2 Å². The van der Waals surface area contributed by atoms with Crippen LogP contribution in [-0.4, -0.2) is 41.2 Å². The standard InChI is InChI=1S/C21H25ClN2O4/c1-12(19(25)27-5)10-17-18-14(15-11-13(22)6-7-16(15)23-18)8-9-24(17)20(26)28-21(2,3)4/h6-7,10-11,17,23H,8-9H2,1-5H3/b12-10+. The molecule has 3 rings (SSSR count). The second kappa shape index (κ2) is 7.51. The summed E-state index contributed by atoms with van der Waals surface area (Å²) < 4.78 is 10.4. The minimum absolute atomic E-state index is 0.422. The predicted molar refractivity (Wildman–Crippen MR) is 108 cm³/mol. The Bertz CT molecular complexity index is 955. The quantitative estimate of drug-likeness (QED) is 0.577. The summed E-state index contributed by atoms with van der Waals surface area (Å²) in [5, 5.41) is 1.68. The van der Waals surface area contributed by atoms with Crippen molar-refractivity contribution < 1.29 is 19.1 Å². The van der Waals surface area contributed by atoms with Crippen LogP contribution in [0, 0.1) is 0 Å². The van der Waals surface area contributed by atoms with Gasteiger partial charge in [-0.15, -0.1) is 0 Å². The van der Waals surface area contributed by atoms with E-state index in [1.165, 1.54) is 7.11 Å². The number of aromatic nitrogens is 1. The van der Waals surface area contributed by atoms with Gasteiger partial charge >= 0.3 is 12.1 Å². The second-order valence-electron chi connectivity index (χ2n) is 7.92. The first-order valence-corrected chi connectivity index (χ1v) is 9.55. The molecule has 1 atom stereocenters. The Balaban J connectivity index is 2.10. The molecule has 28 heavy (non-hydrogen) atoms. The molecule has 1 aliphatic heterocycles. The molecule has 0 bridgehead atoms. The number of aromatic amines is 1. The Labute approximate surface area is 169 Å². The molecule has 1 amide bonds. The fourth-order valence-electron chi connectivity index (χ4n) is 3.45. The Morgan fingerprint density at radius 1 is 1.32 bits per heavy atom. The second-order valence-corrected chi connectivity index (χ2v) is 8.35. The lowest BCUT2D eigenvalue weighted by molar-refractivity contribution is -0.136. The monoisotopic (exact) mass is 404 g/mol. The lowest BCUT2D eigenvalue weighted by Gasteiger charge is -2.35. The van der Waals surface area contributed by atoms with Crippen molar-refractivity contribution in [3.63, 3.8) is 0 Å². The fraction of sp³-hybridized carbons (Fsp3) is 0.429. The molecule has 2 heterocycles. The summed E-state index contributed by atoms with van der Waals surface area (Å²) >= 11 is 6.18. The maximum absolute atomic E-state index is 12.8. The molecular weight excluding hydrogens is 380 g/mol. The molecule has 0 fully saturated rings. The summed E-state index contributed by atoms with van der Waals surface area (Å²) in [5.74, 6) is -0.435. The molecule has 0 saturated heterocycles. The molecule has 0 spiro atoms. The molecule has 1 unspecified atom stereocenters. The normalized spacial score (nSPS) is 17.4. The lowest BCUT2D eigenvalue weighted by atomic mass is 9.96. The molecule has 1 aliphatic rings. The highest BCUT2D eigenvalue weighted by atomic mass is 35.5. The SMILES string of the molecule is COC(=O)/C(C)=C/C1c2[nH]c3ccc(Cl)cc3c2CCN1C(=O)OC(C)(C)C. The molecule has 1 N–H and O–H groups in total. The van der Waals surface area contributed by atoms with E-state index in [4.69, 9.17) is 21.1 Å². The zero-order valence-corrected chi connectivity index (χ0v) is 17.5. The van der Waals surface area contributed by atoms with E-state index in [0.29, 0.717) is 23.6 Å². The van der Waals surface area contributed by atoms with E-state index in [-0.39, 0.29) is 0 Å². The number of halogens is 1. The van der Waals surface area contributed by atoms with Crippen molar-refractivity contribution in [2.45, 2.75) is 45.8 Å². The van der Waals surface area contributed by atoms with Gasteiger partial charge in [0.15, 0.2) is 0 Å². The number of fused-ring (bicyclic) bond motifs is 3. The number of amides is 1. The van der Waals surface area contributed by atoms with Gasteiger partial charge in [0.25, 0.3) is 0 Å². The van der Waals surface area contributed by atoms with Crippen LogP contribution in [0.2, 0.25) is 5.02 Å². The molecule has 0 saturated carbocycles. The van der Waals surface area contributed by atoms with Crippen molar-refractivity contribution in [1.82, 2.24) is 9.88 Å². The molecular formula is C21H25ClN2O4. The number of methoxy groups -OCH3 is 1. The van der Waals surface area contributed by atoms with Crippen LogP contribution in [0.3, 0.4) is 0 Å². The van der Waals surface area contributed by atoms with Crippen LogP contribution in [0.15, 0.2) is 29.8 Å². The number of nitrogens with one attached hydrogen (secondary N) is 1. The molecule has 6 nitrogen and oxygen atoms in total. The lowest BCUT2D eigenvalue weighted by Crippen LogP contribution is -2.42. The van der Waals surface area contributed by atoms with Gasteiger partial charge in [0.1, 0.15) is 5.60 Å². The van der Waals surface area contributed by atoms with Crippen LogP contribution in [0.25, 0.3) is 10.9 Å². The van der Waals surface area contributed by atoms with E-state index >= 15 is 0 Å². The summed E-state index contributed by atoms with van der Waals surface area (Å²) in [5.41, 5.74) is 2.70. The third kappa shape index (κ3) is 4.02. The van der Waals surface area contributed by atoms with Crippen molar-refractivity contribution in [3.05, 3.63) is 46.1 Å². The molecule has 2 aromatic rings. The molecule has 7 heteroatoms. The van der Waals surface area contributed by atoms with Crippen LogP contribution < -0.4 is 0 Å². The Hall–Kier alpha value is -2.47. The zero-order valence-electron chi connectivity index (χ0n) is 16.8. The summed E-state index contributed by atoms with van der Waals surface area (Å²) in [6.45, 7) is 7.63. The maximum Gasteiger partial charge on any atom is 0.411 e. The first-order chi connectivity index (χ1) is 13.1. The molecule has 1 aromatic carbocycles. The Morgan fingerprint density at radius 2 is 2.04 bits per heavy atom. The largest absolute Gasteiger partial charge is 0.466 e. The van der Waals surface area contributed by atoms with E-state index in [2.05, 4.69) is 4.98 Å². The van der Waals surface area contributed by atoms with Crippen molar-refractivity contribution in [2.75, 3.05) is 13.7 Å². The van der Waals surface area contributed by atoms with Crippen molar-refractivity contribution >= 4 is 34.6 Å². The highest BCUT2D eigenvalue weighted by Crippen LogP contribution is 2.37. The highest BCUT2D eigenvalue weighted by molar-refractivity contribution is 6.31. The first kappa shape index (κ1) is 20.3. The van der Waals surface area contributed by atoms with Gasteiger partial charge in [-0.1, -0.05) is 11.6 Å². The topological polar surface area (TPSA) is 71.6 Å². The van der Waals surface area contributed by atoms with Gasteiger partial charge in [-0.3, -0.25) is 4.90 Å². The molecule has 1 aromatic heterocycles. The fourth-order valence-corrected chi connectivity index (χ4v) is 3.63. The maximum atomic E-state index is 12.8. The number of ether oxygens (including phenoxy) is 2. The van der Waals surface area contributed by atoms with E-state index < -0.39 is 23.7 Å². The number of nitrogens with zero attached hydrogens (tertiary/aromatic N) is 1. The zero-order chi connectivity index (χ0) is 20.6. The summed E-state index contributed by atoms with van der Waals surface area (Å²) in [6.07, 6.45) is 1.98. The van der Waals surface area contributed by atoms with Gasteiger partial charge in [0, 0.05) is 33.7 Å².